The SMILES string of the molecule is CS[C@H]1CC[C@@H](N(C)CC(=O)Nc2cccc(C(C)=O)c2)C1. The van der Waals surface area contributed by atoms with Gasteiger partial charge in [-0.15, -0.1) is 0 Å². The summed E-state index contributed by atoms with van der Waals surface area (Å²) in [4.78, 5) is 25.7. The number of ketones is 1. The molecule has 1 saturated carbocycles. The van der Waals surface area contributed by atoms with E-state index in [0.717, 1.165) is 18.1 Å². The van der Waals surface area contributed by atoms with Gasteiger partial charge >= 0.3 is 0 Å². The van der Waals surface area contributed by atoms with E-state index in [2.05, 4.69) is 16.5 Å². The Kier molecular flexibility index (Phi) is 6.03. The molecule has 1 aliphatic carbocycles. The molecule has 1 fully saturated rings. The predicted octanol–water partition coefficient (Wildman–Crippen LogP) is 3.04. The fourth-order valence-corrected chi connectivity index (χ4v) is 3.69. The van der Waals surface area contributed by atoms with Gasteiger partial charge in [0, 0.05) is 22.5 Å². The lowest BCUT2D eigenvalue weighted by atomic mass is 10.1. The van der Waals surface area contributed by atoms with Crippen molar-refractivity contribution in [3.05, 3.63) is 29.8 Å². The second-order valence-corrected chi connectivity index (χ2v) is 7.06. The smallest absolute Gasteiger partial charge is 0.238 e. The number of carbonyl (C=O) groups excluding carboxylic acids is 2. The maximum absolute atomic E-state index is 12.2. The predicted molar refractivity (Wildman–Crippen MR) is 92.6 cm³/mol. The van der Waals surface area contributed by atoms with E-state index >= 15 is 0 Å². The fraction of sp³-hybridized carbons (Fsp3) is 0.529. The molecule has 2 atom stereocenters. The highest BCUT2D eigenvalue weighted by atomic mass is 32.2. The number of carbonyl (C=O) groups is 2. The number of likely N-dealkylation sites (N-methyl/N-ethyl adjacent to an activating group) is 1. The van der Waals surface area contributed by atoms with Crippen LogP contribution in [0, 0.1) is 0 Å². The summed E-state index contributed by atoms with van der Waals surface area (Å²) >= 11 is 1.92. The topological polar surface area (TPSA) is 49.4 Å². The highest BCUT2D eigenvalue weighted by Gasteiger charge is 2.27. The van der Waals surface area contributed by atoms with Crippen LogP contribution in [-0.4, -0.2) is 47.7 Å². The minimum absolute atomic E-state index is 0.00211. The first kappa shape index (κ1) is 17.0. The van der Waals surface area contributed by atoms with Crippen LogP contribution in [0.2, 0.25) is 0 Å². The minimum Gasteiger partial charge on any atom is -0.325 e. The van der Waals surface area contributed by atoms with Crippen LogP contribution in [-0.2, 0) is 4.79 Å². The Morgan fingerprint density at radius 3 is 2.77 bits per heavy atom. The second kappa shape index (κ2) is 7.79. The Labute approximate surface area is 136 Å². The van der Waals surface area contributed by atoms with Gasteiger partial charge in [-0.05, 0) is 51.6 Å². The van der Waals surface area contributed by atoms with Crippen LogP contribution in [0.15, 0.2) is 24.3 Å². The van der Waals surface area contributed by atoms with Crippen molar-refractivity contribution < 1.29 is 9.59 Å². The lowest BCUT2D eigenvalue weighted by molar-refractivity contribution is -0.117. The molecule has 2 rings (SSSR count). The van der Waals surface area contributed by atoms with Gasteiger partial charge in [0.15, 0.2) is 5.78 Å². The Balaban J connectivity index is 1.87. The van der Waals surface area contributed by atoms with Gasteiger partial charge in [-0.1, -0.05) is 12.1 Å². The molecule has 120 valence electrons. The first-order chi connectivity index (χ1) is 10.5. The van der Waals surface area contributed by atoms with Crippen LogP contribution in [0.25, 0.3) is 0 Å². The van der Waals surface area contributed by atoms with Gasteiger partial charge in [0.2, 0.25) is 5.91 Å². The van der Waals surface area contributed by atoms with E-state index in [-0.39, 0.29) is 11.7 Å². The summed E-state index contributed by atoms with van der Waals surface area (Å²) in [6.07, 6.45) is 5.71. The highest BCUT2D eigenvalue weighted by Crippen LogP contribution is 2.30. The van der Waals surface area contributed by atoms with E-state index < -0.39 is 0 Å². The van der Waals surface area contributed by atoms with E-state index in [0.29, 0.717) is 23.8 Å². The Hall–Kier alpha value is -1.33. The number of anilines is 1. The summed E-state index contributed by atoms with van der Waals surface area (Å²) in [5, 5.41) is 3.60. The summed E-state index contributed by atoms with van der Waals surface area (Å²) in [5.41, 5.74) is 1.30. The molecule has 0 bridgehead atoms. The lowest BCUT2D eigenvalue weighted by Gasteiger charge is -2.23. The molecule has 1 aromatic rings. The summed E-state index contributed by atoms with van der Waals surface area (Å²) in [6.45, 7) is 1.91. The van der Waals surface area contributed by atoms with Crippen LogP contribution < -0.4 is 5.32 Å². The van der Waals surface area contributed by atoms with Crippen LogP contribution in [0.1, 0.15) is 36.5 Å². The summed E-state index contributed by atoms with van der Waals surface area (Å²) in [7, 11) is 2.01. The molecule has 0 aromatic heterocycles. The molecule has 1 amide bonds. The molecule has 0 radical (unpaired) electrons. The van der Waals surface area contributed by atoms with E-state index in [1.54, 1.807) is 18.2 Å². The van der Waals surface area contributed by atoms with Gasteiger partial charge < -0.3 is 5.32 Å². The third-order valence-corrected chi connectivity index (χ3v) is 5.35. The van der Waals surface area contributed by atoms with Gasteiger partial charge in [-0.2, -0.15) is 11.8 Å². The summed E-state index contributed by atoms with van der Waals surface area (Å²) in [6, 6.07) is 7.57. The molecule has 22 heavy (non-hydrogen) atoms. The monoisotopic (exact) mass is 320 g/mol. The number of hydrogen-bond donors (Lipinski definition) is 1. The molecule has 1 N–H and O–H groups in total. The van der Waals surface area contributed by atoms with Crippen molar-refractivity contribution in [2.75, 3.05) is 25.2 Å². The van der Waals surface area contributed by atoms with E-state index in [9.17, 15) is 9.59 Å². The van der Waals surface area contributed by atoms with Crippen LogP contribution in [0.3, 0.4) is 0 Å². The van der Waals surface area contributed by atoms with Gasteiger partial charge in [0.05, 0.1) is 6.54 Å². The molecule has 1 aromatic carbocycles. The Morgan fingerprint density at radius 2 is 2.14 bits per heavy atom. The Morgan fingerprint density at radius 1 is 1.36 bits per heavy atom. The average molecular weight is 320 g/mol. The van der Waals surface area contributed by atoms with Crippen LogP contribution in [0.5, 0.6) is 0 Å². The quantitative estimate of drug-likeness (QED) is 0.819. The zero-order chi connectivity index (χ0) is 16.1. The van der Waals surface area contributed by atoms with Gasteiger partial charge in [0.25, 0.3) is 0 Å². The summed E-state index contributed by atoms with van der Waals surface area (Å²) < 4.78 is 0. The fourth-order valence-electron chi connectivity index (χ4n) is 2.90. The number of hydrogen-bond acceptors (Lipinski definition) is 4. The molecule has 0 heterocycles. The van der Waals surface area contributed by atoms with Crippen LogP contribution in [0.4, 0.5) is 5.69 Å². The zero-order valence-corrected chi connectivity index (χ0v) is 14.3. The molecule has 0 spiro atoms. The number of nitrogens with zero attached hydrogens (tertiary/aromatic N) is 1. The van der Waals surface area contributed by atoms with Gasteiger partial charge in [-0.3, -0.25) is 14.5 Å². The second-order valence-electron chi connectivity index (χ2n) is 5.92. The lowest BCUT2D eigenvalue weighted by Crippen LogP contribution is -2.36. The van der Waals surface area contributed by atoms with Crippen molar-refractivity contribution in [1.29, 1.82) is 0 Å². The van der Waals surface area contributed by atoms with Crippen molar-refractivity contribution in [2.45, 2.75) is 37.5 Å². The van der Waals surface area contributed by atoms with Crippen molar-refractivity contribution in [3.63, 3.8) is 0 Å². The number of rotatable bonds is 6. The minimum atomic E-state index is -0.0317. The number of Topliss-reactive ketones (excluding diaryl/α,β-unsaturated/α-hetero) is 1. The molecule has 5 heteroatoms. The molecular formula is C17H24N2O2S. The molecule has 4 nitrogen and oxygen atoms in total. The molecule has 0 saturated heterocycles. The number of amides is 1. The van der Waals surface area contributed by atoms with Crippen molar-refractivity contribution >= 4 is 29.1 Å². The van der Waals surface area contributed by atoms with E-state index in [1.807, 2.05) is 24.9 Å². The normalized spacial score (nSPS) is 21.1. The number of nitrogens with one attached hydrogen (secondary N) is 1. The third-order valence-electron chi connectivity index (χ3n) is 4.26. The van der Waals surface area contributed by atoms with Crippen molar-refractivity contribution in [1.82, 2.24) is 4.90 Å². The van der Waals surface area contributed by atoms with E-state index in [1.165, 1.54) is 13.3 Å². The number of benzene rings is 1. The molecule has 1 aliphatic rings. The largest absolute Gasteiger partial charge is 0.325 e. The van der Waals surface area contributed by atoms with Gasteiger partial charge in [0.1, 0.15) is 0 Å². The maximum atomic E-state index is 12.2. The Bertz CT molecular complexity index is 547. The molecular weight excluding hydrogens is 296 g/mol. The standard InChI is InChI=1S/C17H24N2O2S/c1-12(20)13-5-4-6-14(9-13)18-17(21)11-19(2)15-7-8-16(10-15)22-3/h4-6,9,15-16H,7-8,10-11H2,1-3H3,(H,18,21)/t15-,16+/m1/s1. The van der Waals surface area contributed by atoms with E-state index in [4.69, 9.17) is 0 Å². The maximum Gasteiger partial charge on any atom is 0.238 e. The first-order valence-corrected chi connectivity index (χ1v) is 8.92. The average Bonchev–Trinajstić information content (AvgIpc) is 2.96. The van der Waals surface area contributed by atoms with Crippen LogP contribution >= 0.6 is 11.8 Å². The number of thioether (sulfide) groups is 1. The molecule has 0 unspecified atom stereocenters. The third kappa shape index (κ3) is 4.58. The van der Waals surface area contributed by atoms with Crippen molar-refractivity contribution in [2.24, 2.45) is 0 Å². The molecule has 0 aliphatic heterocycles. The van der Waals surface area contributed by atoms with Crippen molar-refractivity contribution in [3.8, 4) is 0 Å². The van der Waals surface area contributed by atoms with Gasteiger partial charge in [-0.25, -0.2) is 0 Å². The zero-order valence-electron chi connectivity index (χ0n) is 13.5. The first-order valence-electron chi connectivity index (χ1n) is 7.63. The summed E-state index contributed by atoms with van der Waals surface area (Å²) in [5.74, 6) is -0.0296. The highest BCUT2D eigenvalue weighted by molar-refractivity contribution is 7.99.